The molecule has 372 valence electrons. The Labute approximate surface area is 405 Å². The molecule has 1 unspecified atom stereocenters. The van der Waals surface area contributed by atoms with E-state index in [0.29, 0.717) is 19.3 Å². The van der Waals surface area contributed by atoms with Crippen molar-refractivity contribution in [2.75, 3.05) is 13.2 Å². The lowest BCUT2D eigenvalue weighted by molar-refractivity contribution is -0.166. The van der Waals surface area contributed by atoms with Gasteiger partial charge in [-0.2, -0.15) is 0 Å². The highest BCUT2D eigenvalue weighted by atomic mass is 16.6. The minimum atomic E-state index is -0.842. The van der Waals surface area contributed by atoms with Gasteiger partial charge < -0.3 is 14.2 Å². The molecular weight excluding hydrogens is 817 g/mol. The van der Waals surface area contributed by atoms with Gasteiger partial charge in [-0.25, -0.2) is 0 Å². The maximum atomic E-state index is 12.8. The largest absolute Gasteiger partial charge is 0.462 e. The molecule has 0 heterocycles. The Morgan fingerprint density at radius 2 is 0.621 bits per heavy atom. The van der Waals surface area contributed by atoms with Crippen molar-refractivity contribution in [2.24, 2.45) is 0 Å². The molecule has 0 amide bonds. The standard InChI is InChI=1S/C60H96O6/c1-4-7-10-13-16-19-22-25-28-30-33-35-38-41-44-47-50-53-59(62)65-56-57(55-64-58(61)52-49-46-43-40-37-34-31-27-24-21-18-15-12-9-6-3)66-60(63)54-51-48-45-42-39-36-32-29-26-23-20-17-14-11-8-5-2/h7-8,10-11,16-17,19-20,25-26,28-29,33,35-36,39,41,44-45,48,57H,4-6,9,12-15,18,21-24,27,30-32,34,37-38,40,42-43,46-47,49-56H2,1-3H3/b10-7-,11-8-,19-16-,20-17-,28-25-,29-26-,35-33-,39-36-,44-41-,48-45-. The third-order valence-corrected chi connectivity index (χ3v) is 10.7. The minimum Gasteiger partial charge on any atom is -0.462 e. The van der Waals surface area contributed by atoms with Crippen molar-refractivity contribution < 1.29 is 28.6 Å². The first kappa shape index (κ1) is 61.8. The van der Waals surface area contributed by atoms with Crippen LogP contribution in [0.5, 0.6) is 0 Å². The summed E-state index contributed by atoms with van der Waals surface area (Å²) in [6, 6.07) is 0. The van der Waals surface area contributed by atoms with Crippen LogP contribution < -0.4 is 0 Å². The monoisotopic (exact) mass is 913 g/mol. The van der Waals surface area contributed by atoms with E-state index in [2.05, 4.69) is 130 Å². The Bertz CT molecular complexity index is 1420. The molecule has 0 fully saturated rings. The van der Waals surface area contributed by atoms with Gasteiger partial charge in [0.15, 0.2) is 6.10 Å². The number of allylic oxidation sites excluding steroid dienone is 20. The molecule has 0 N–H and O–H groups in total. The fraction of sp³-hybridized carbons (Fsp3) is 0.617. The molecule has 0 saturated heterocycles. The molecule has 0 radical (unpaired) electrons. The van der Waals surface area contributed by atoms with E-state index in [-0.39, 0.29) is 38.0 Å². The highest BCUT2D eigenvalue weighted by Crippen LogP contribution is 2.14. The van der Waals surface area contributed by atoms with E-state index in [1.807, 2.05) is 12.2 Å². The van der Waals surface area contributed by atoms with Gasteiger partial charge in [0.25, 0.3) is 0 Å². The van der Waals surface area contributed by atoms with Crippen LogP contribution in [0.25, 0.3) is 0 Å². The third kappa shape index (κ3) is 50.8. The molecule has 0 spiro atoms. The van der Waals surface area contributed by atoms with Gasteiger partial charge in [-0.15, -0.1) is 0 Å². The van der Waals surface area contributed by atoms with E-state index in [1.165, 1.54) is 77.0 Å². The fourth-order valence-electron chi connectivity index (χ4n) is 6.82. The summed E-state index contributed by atoms with van der Waals surface area (Å²) < 4.78 is 16.7. The molecule has 0 aliphatic rings. The van der Waals surface area contributed by atoms with Crippen molar-refractivity contribution in [3.05, 3.63) is 122 Å². The van der Waals surface area contributed by atoms with Gasteiger partial charge in [0.1, 0.15) is 13.2 Å². The van der Waals surface area contributed by atoms with Crippen LogP contribution in [-0.2, 0) is 28.6 Å². The van der Waals surface area contributed by atoms with Gasteiger partial charge >= 0.3 is 17.9 Å². The maximum absolute atomic E-state index is 12.8. The maximum Gasteiger partial charge on any atom is 0.306 e. The van der Waals surface area contributed by atoms with Crippen LogP contribution in [0, 0.1) is 0 Å². The quantitative estimate of drug-likeness (QED) is 0.0262. The highest BCUT2D eigenvalue weighted by molar-refractivity contribution is 5.71. The highest BCUT2D eigenvalue weighted by Gasteiger charge is 2.19. The zero-order chi connectivity index (χ0) is 47.9. The average Bonchev–Trinajstić information content (AvgIpc) is 3.31. The van der Waals surface area contributed by atoms with E-state index in [0.717, 1.165) is 89.9 Å². The van der Waals surface area contributed by atoms with Crippen molar-refractivity contribution >= 4 is 17.9 Å². The van der Waals surface area contributed by atoms with Gasteiger partial charge in [0.05, 0.1) is 0 Å². The molecule has 0 saturated carbocycles. The van der Waals surface area contributed by atoms with E-state index < -0.39 is 12.1 Å². The van der Waals surface area contributed by atoms with E-state index in [1.54, 1.807) is 0 Å². The fourth-order valence-corrected chi connectivity index (χ4v) is 6.82. The van der Waals surface area contributed by atoms with Crippen molar-refractivity contribution in [1.82, 2.24) is 0 Å². The molecule has 0 aromatic carbocycles. The Morgan fingerprint density at radius 1 is 0.318 bits per heavy atom. The lowest BCUT2D eigenvalue weighted by Gasteiger charge is -2.18. The average molecular weight is 913 g/mol. The van der Waals surface area contributed by atoms with Crippen molar-refractivity contribution in [3.8, 4) is 0 Å². The Kier molecular flexibility index (Phi) is 50.0. The Hall–Kier alpha value is -4.19. The van der Waals surface area contributed by atoms with Gasteiger partial charge in [-0.1, -0.05) is 232 Å². The molecule has 0 aliphatic heterocycles. The number of ether oxygens (including phenoxy) is 3. The summed E-state index contributed by atoms with van der Waals surface area (Å²) in [5, 5.41) is 0. The lowest BCUT2D eigenvalue weighted by Crippen LogP contribution is -2.30. The second-order valence-electron chi connectivity index (χ2n) is 17.0. The second kappa shape index (κ2) is 53.4. The number of unbranched alkanes of at least 4 members (excludes halogenated alkanes) is 15. The molecule has 66 heavy (non-hydrogen) atoms. The van der Waals surface area contributed by atoms with Crippen LogP contribution in [0.1, 0.15) is 220 Å². The van der Waals surface area contributed by atoms with Crippen LogP contribution in [-0.4, -0.2) is 37.2 Å². The van der Waals surface area contributed by atoms with E-state index in [4.69, 9.17) is 14.2 Å². The van der Waals surface area contributed by atoms with Gasteiger partial charge in [0, 0.05) is 19.3 Å². The molecular formula is C60H96O6. The molecule has 6 nitrogen and oxygen atoms in total. The second-order valence-corrected chi connectivity index (χ2v) is 17.0. The molecule has 0 aliphatic carbocycles. The van der Waals surface area contributed by atoms with Crippen molar-refractivity contribution in [2.45, 2.75) is 226 Å². The SMILES string of the molecule is CC/C=C\C/C=C\C/C=C\C/C=C\C/C=C\CCCC(=O)OCC(COC(=O)CCCCCCCCCCCCCCCCC)OC(=O)CC/C=C\C/C=C\C/C=C\C/C=C\C/C=C\CC. The summed E-state index contributed by atoms with van der Waals surface area (Å²) in [5.74, 6) is -1.08. The van der Waals surface area contributed by atoms with Crippen LogP contribution in [0.3, 0.4) is 0 Å². The van der Waals surface area contributed by atoms with Crippen molar-refractivity contribution in [1.29, 1.82) is 0 Å². The molecule has 0 aromatic rings. The number of carbonyl (C=O) groups excluding carboxylic acids is 3. The molecule has 0 aromatic heterocycles. The first-order chi connectivity index (χ1) is 32.5. The summed E-state index contributed by atoms with van der Waals surface area (Å²) in [6.45, 7) is 6.29. The van der Waals surface area contributed by atoms with Gasteiger partial charge in [-0.05, 0) is 89.9 Å². The Morgan fingerprint density at radius 3 is 0.985 bits per heavy atom. The zero-order valence-electron chi connectivity index (χ0n) is 42.4. The minimum absolute atomic E-state index is 0.127. The van der Waals surface area contributed by atoms with Crippen LogP contribution >= 0.6 is 0 Å². The normalized spacial score (nSPS) is 13.1. The lowest BCUT2D eigenvalue weighted by atomic mass is 10.0. The van der Waals surface area contributed by atoms with E-state index >= 15 is 0 Å². The summed E-state index contributed by atoms with van der Waals surface area (Å²) in [5.41, 5.74) is 0. The summed E-state index contributed by atoms with van der Waals surface area (Å²) in [6.07, 6.45) is 73.4. The first-order valence-electron chi connectivity index (χ1n) is 26.5. The van der Waals surface area contributed by atoms with Crippen LogP contribution in [0.15, 0.2) is 122 Å². The van der Waals surface area contributed by atoms with Crippen LogP contribution in [0.2, 0.25) is 0 Å². The topological polar surface area (TPSA) is 78.9 Å². The summed E-state index contributed by atoms with van der Waals surface area (Å²) >= 11 is 0. The molecule has 1 atom stereocenters. The first-order valence-corrected chi connectivity index (χ1v) is 26.5. The summed E-state index contributed by atoms with van der Waals surface area (Å²) in [7, 11) is 0. The summed E-state index contributed by atoms with van der Waals surface area (Å²) in [4.78, 5) is 38.0. The van der Waals surface area contributed by atoms with Gasteiger partial charge in [-0.3, -0.25) is 14.4 Å². The predicted molar refractivity (Wildman–Crippen MR) is 283 cm³/mol. The Balaban J connectivity index is 4.59. The van der Waals surface area contributed by atoms with E-state index in [9.17, 15) is 14.4 Å². The number of rotatable bonds is 46. The van der Waals surface area contributed by atoms with Crippen LogP contribution in [0.4, 0.5) is 0 Å². The van der Waals surface area contributed by atoms with Gasteiger partial charge in [0.2, 0.25) is 0 Å². The smallest absolute Gasteiger partial charge is 0.306 e. The number of hydrogen-bond acceptors (Lipinski definition) is 6. The number of hydrogen-bond donors (Lipinski definition) is 0. The predicted octanol–water partition coefficient (Wildman–Crippen LogP) is 17.7. The third-order valence-electron chi connectivity index (χ3n) is 10.7. The van der Waals surface area contributed by atoms with Crippen molar-refractivity contribution in [3.63, 3.8) is 0 Å². The molecule has 0 rings (SSSR count). The number of carbonyl (C=O) groups is 3. The zero-order valence-corrected chi connectivity index (χ0v) is 42.4. The molecule has 6 heteroatoms. The number of esters is 3. The molecule has 0 bridgehead atoms.